The lowest BCUT2D eigenvalue weighted by Crippen LogP contribution is -2.65. The molecule has 5 fully saturated rings. The van der Waals surface area contributed by atoms with E-state index >= 15 is 0 Å². The van der Waals surface area contributed by atoms with Crippen LogP contribution < -0.4 is 10.9 Å². The van der Waals surface area contributed by atoms with Crippen LogP contribution in [-0.2, 0) is 20.7 Å². The van der Waals surface area contributed by atoms with Crippen LogP contribution in [0.3, 0.4) is 0 Å². The quantitative estimate of drug-likeness (QED) is 0.342. The van der Waals surface area contributed by atoms with Gasteiger partial charge >= 0.3 is 6.09 Å². The number of halogens is 1. The van der Waals surface area contributed by atoms with Gasteiger partial charge in [-0.25, -0.2) is 14.3 Å². The Hall–Kier alpha value is -4.36. The van der Waals surface area contributed by atoms with Gasteiger partial charge in [0.05, 0.1) is 34.4 Å². The molecule has 4 aliphatic heterocycles. The van der Waals surface area contributed by atoms with Crippen molar-refractivity contribution in [1.29, 1.82) is 0 Å². The molecule has 5 heterocycles. The molecule has 2 N–H and O–H groups in total. The average molecular weight is 731 g/mol. The highest BCUT2D eigenvalue weighted by Gasteiger charge is 2.51. The van der Waals surface area contributed by atoms with E-state index in [4.69, 9.17) is 9.47 Å². The third-order valence-corrected chi connectivity index (χ3v) is 11.5. The Morgan fingerprint density at radius 2 is 1.64 bits per heavy atom. The van der Waals surface area contributed by atoms with Crippen LogP contribution in [0.2, 0.25) is 0 Å². The minimum atomic E-state index is -0.593. The number of carbonyl (C=O) groups is 3. The van der Waals surface area contributed by atoms with Crippen molar-refractivity contribution < 1.29 is 28.2 Å². The monoisotopic (exact) mass is 730 g/mol. The summed E-state index contributed by atoms with van der Waals surface area (Å²) in [6.45, 7) is 10.3. The van der Waals surface area contributed by atoms with Crippen molar-refractivity contribution >= 4 is 28.7 Å². The molecule has 1 aliphatic carbocycles. The van der Waals surface area contributed by atoms with Crippen LogP contribution >= 0.6 is 0 Å². The molecule has 5 aliphatic rings. The second-order valence-corrected chi connectivity index (χ2v) is 16.5. The lowest BCUT2D eigenvalue weighted by atomic mass is 9.70. The number of carbonyl (C=O) groups excluding carboxylic acids is 3. The van der Waals surface area contributed by atoms with Crippen molar-refractivity contribution in [2.75, 3.05) is 52.4 Å². The largest absolute Gasteiger partial charge is 0.444 e. The predicted molar refractivity (Wildman–Crippen MR) is 197 cm³/mol. The molecule has 4 saturated heterocycles. The Kier molecular flexibility index (Phi) is 10.3. The summed E-state index contributed by atoms with van der Waals surface area (Å²) in [4.78, 5) is 57.4. The topological polar surface area (TPSA) is 137 Å². The van der Waals surface area contributed by atoms with E-state index < -0.39 is 17.3 Å². The number of piperazine rings is 1. The fraction of sp³-hybridized carbons (Fsp3) is 0.575. The van der Waals surface area contributed by atoms with Crippen molar-refractivity contribution in [2.24, 2.45) is 5.92 Å². The number of aromatic nitrogens is 2. The van der Waals surface area contributed by atoms with Crippen LogP contribution in [0.25, 0.3) is 10.8 Å². The van der Waals surface area contributed by atoms with Gasteiger partial charge in [-0.2, -0.15) is 5.10 Å². The van der Waals surface area contributed by atoms with E-state index in [-0.39, 0.29) is 34.3 Å². The molecule has 3 aromatic rings. The van der Waals surface area contributed by atoms with Crippen LogP contribution in [0.1, 0.15) is 87.3 Å². The summed E-state index contributed by atoms with van der Waals surface area (Å²) in [6, 6.07) is 11.7. The number of ether oxygens (including phenoxy) is 2. The minimum Gasteiger partial charge on any atom is -0.444 e. The highest BCUT2D eigenvalue weighted by molar-refractivity contribution is 5.95. The van der Waals surface area contributed by atoms with Gasteiger partial charge in [0.25, 0.3) is 11.5 Å². The Morgan fingerprint density at radius 1 is 0.962 bits per heavy atom. The molecule has 0 spiro atoms. The molecule has 1 aromatic heterocycles. The Balaban J connectivity index is 0.854. The zero-order valence-electron chi connectivity index (χ0n) is 31.0. The number of nitrogens with one attached hydrogen (secondary N) is 2. The van der Waals surface area contributed by atoms with Gasteiger partial charge in [0.1, 0.15) is 11.4 Å². The highest BCUT2D eigenvalue weighted by Crippen LogP contribution is 2.44. The van der Waals surface area contributed by atoms with Crippen molar-refractivity contribution in [2.45, 2.75) is 88.9 Å². The van der Waals surface area contributed by atoms with Gasteiger partial charge in [-0.1, -0.05) is 24.3 Å². The molecule has 2 bridgehead atoms. The SMILES string of the molecule is CC(C)(C)OC(=O)NC12CCC(CN3CCC(CC(=O)N4CCN(C(=O)c5cc(Cc6n[nH]c(=O)c7ccccc67)ccc5F)CC4)CC3)(CC1)OC2. The smallest absolute Gasteiger partial charge is 0.408 e. The Labute approximate surface area is 309 Å². The van der Waals surface area contributed by atoms with Crippen LogP contribution in [0.15, 0.2) is 47.3 Å². The lowest BCUT2D eigenvalue weighted by Gasteiger charge is -2.54. The van der Waals surface area contributed by atoms with Crippen molar-refractivity contribution in [3.05, 3.63) is 75.5 Å². The number of likely N-dealkylation sites (tertiary alicyclic amines) is 1. The maximum atomic E-state index is 15.0. The standard InChI is InChI=1S/C40H51FN6O6/c1-38(2,3)53-37(51)42-39-12-14-40(15-13-39,52-26-39)25-45-16-10-27(11-17-45)24-34(48)46-18-20-47(21-19-46)36(50)31-22-28(8-9-32(31)41)23-33-29-6-4-5-7-30(29)35(49)44-43-33/h4-9,22,27H,10-21,23-26H2,1-3H3,(H,42,51)(H,44,49). The van der Waals surface area contributed by atoms with Crippen molar-refractivity contribution in [3.8, 4) is 0 Å². The van der Waals surface area contributed by atoms with Gasteiger partial charge in [0.2, 0.25) is 5.91 Å². The summed E-state index contributed by atoms with van der Waals surface area (Å²) in [6.07, 6.45) is 5.90. The van der Waals surface area contributed by atoms with E-state index in [1.54, 1.807) is 29.2 Å². The maximum absolute atomic E-state index is 15.0. The van der Waals surface area contributed by atoms with Gasteiger partial charge in [0, 0.05) is 51.0 Å². The van der Waals surface area contributed by atoms with Gasteiger partial charge in [0.15, 0.2) is 0 Å². The van der Waals surface area contributed by atoms with E-state index in [2.05, 4.69) is 20.4 Å². The van der Waals surface area contributed by atoms with Gasteiger partial charge in [-0.15, -0.1) is 0 Å². The first-order valence-electron chi connectivity index (χ1n) is 19.0. The molecule has 8 rings (SSSR count). The number of hydrogen-bond donors (Lipinski definition) is 2. The van der Waals surface area contributed by atoms with Crippen molar-refractivity contribution in [3.63, 3.8) is 0 Å². The molecular weight excluding hydrogens is 679 g/mol. The summed E-state index contributed by atoms with van der Waals surface area (Å²) in [5.74, 6) is -0.567. The van der Waals surface area contributed by atoms with Crippen LogP contribution in [-0.4, -0.2) is 112 Å². The number of amides is 3. The summed E-state index contributed by atoms with van der Waals surface area (Å²) in [5.41, 5.74) is -0.0142. The normalized spacial score (nSPS) is 24.0. The van der Waals surface area contributed by atoms with Crippen LogP contribution in [0.4, 0.5) is 9.18 Å². The lowest BCUT2D eigenvalue weighted by molar-refractivity contribution is -0.171. The first-order chi connectivity index (χ1) is 25.3. The number of hydrogen-bond acceptors (Lipinski definition) is 8. The highest BCUT2D eigenvalue weighted by atomic mass is 19.1. The molecule has 0 unspecified atom stereocenters. The molecule has 53 heavy (non-hydrogen) atoms. The number of H-pyrrole nitrogens is 1. The molecule has 0 atom stereocenters. The number of piperidine rings is 1. The average Bonchev–Trinajstić information content (AvgIpc) is 3.14. The second-order valence-electron chi connectivity index (χ2n) is 16.5. The number of nitrogens with zero attached hydrogens (tertiary/aromatic N) is 4. The van der Waals surface area contributed by atoms with Crippen LogP contribution in [0, 0.1) is 11.7 Å². The summed E-state index contributed by atoms with van der Waals surface area (Å²) >= 11 is 0. The maximum Gasteiger partial charge on any atom is 0.408 e. The molecule has 13 heteroatoms. The fourth-order valence-corrected chi connectivity index (χ4v) is 8.46. The van der Waals surface area contributed by atoms with E-state index in [1.165, 1.54) is 6.07 Å². The Morgan fingerprint density at radius 3 is 2.30 bits per heavy atom. The van der Waals surface area contributed by atoms with Crippen LogP contribution in [0.5, 0.6) is 0 Å². The minimum absolute atomic E-state index is 0.00838. The van der Waals surface area contributed by atoms with E-state index in [0.717, 1.165) is 58.2 Å². The predicted octanol–water partition coefficient (Wildman–Crippen LogP) is 4.65. The summed E-state index contributed by atoms with van der Waals surface area (Å²) in [7, 11) is 0. The van der Waals surface area contributed by atoms with Gasteiger partial charge in [-0.05, 0) is 102 Å². The molecule has 284 valence electrons. The number of alkyl carbamates (subject to hydrolysis) is 1. The van der Waals surface area contributed by atoms with E-state index in [0.29, 0.717) is 73.6 Å². The van der Waals surface area contributed by atoms with Crippen molar-refractivity contribution in [1.82, 2.24) is 30.2 Å². The Bertz CT molecular complexity index is 1880. The molecule has 2 aromatic carbocycles. The third-order valence-electron chi connectivity index (χ3n) is 11.5. The second kappa shape index (κ2) is 14.8. The fourth-order valence-electron chi connectivity index (χ4n) is 8.46. The molecule has 12 nitrogen and oxygen atoms in total. The number of aromatic amines is 1. The molecule has 3 amide bonds. The molecular formula is C40H51FN6O6. The van der Waals surface area contributed by atoms with E-state index in [9.17, 15) is 23.6 Å². The number of rotatable bonds is 8. The summed E-state index contributed by atoms with van der Waals surface area (Å²) in [5, 5.41) is 11.1. The first-order valence-corrected chi connectivity index (χ1v) is 19.0. The first kappa shape index (κ1) is 37.0. The third kappa shape index (κ3) is 8.41. The van der Waals surface area contributed by atoms with E-state index in [1.807, 2.05) is 37.8 Å². The summed E-state index contributed by atoms with van der Waals surface area (Å²) < 4.78 is 26.9. The van der Waals surface area contributed by atoms with Gasteiger partial charge in [-0.3, -0.25) is 14.4 Å². The number of benzene rings is 2. The zero-order valence-corrected chi connectivity index (χ0v) is 31.0. The molecule has 1 saturated carbocycles. The number of fused-ring (bicyclic) bond motifs is 4. The molecule has 0 radical (unpaired) electrons. The zero-order chi connectivity index (χ0) is 37.4. The van der Waals surface area contributed by atoms with Gasteiger partial charge < -0.3 is 29.5 Å².